The van der Waals surface area contributed by atoms with Crippen molar-refractivity contribution >= 4 is 27.6 Å². The first-order valence-electron chi connectivity index (χ1n) is 12.7. The fourth-order valence-electron chi connectivity index (χ4n) is 4.57. The first-order valence-corrected chi connectivity index (χ1v) is 14.2. The van der Waals surface area contributed by atoms with Crippen molar-refractivity contribution in [1.82, 2.24) is 4.31 Å². The molecule has 1 heterocycles. The van der Waals surface area contributed by atoms with Gasteiger partial charge in [-0.1, -0.05) is 60.7 Å². The van der Waals surface area contributed by atoms with E-state index < -0.39 is 28.0 Å². The number of benzene rings is 4. The Morgan fingerprint density at radius 2 is 1.55 bits per heavy atom. The van der Waals surface area contributed by atoms with Gasteiger partial charge in [-0.2, -0.15) is 4.31 Å². The van der Waals surface area contributed by atoms with E-state index in [1.807, 2.05) is 24.3 Å². The normalized spacial score (nSPS) is 14.0. The number of nitrogens with zero attached hydrogens (tertiary/aromatic N) is 1. The molecule has 204 valence electrons. The lowest BCUT2D eigenvalue weighted by Crippen LogP contribution is -2.35. The zero-order valence-corrected chi connectivity index (χ0v) is 22.6. The van der Waals surface area contributed by atoms with Crippen LogP contribution in [0, 0.1) is 0 Å². The average molecular weight is 557 g/mol. The SMILES string of the molecule is COc1cccc(NC(=O)[C@@H](OC(=O)c2ccc(S(=O)(=O)N3CCc4ccccc4C3)cc2)c2ccccc2)c1. The van der Waals surface area contributed by atoms with Crippen LogP contribution < -0.4 is 10.1 Å². The minimum Gasteiger partial charge on any atom is -0.497 e. The van der Waals surface area contributed by atoms with E-state index >= 15 is 0 Å². The number of amides is 1. The highest BCUT2D eigenvalue weighted by Gasteiger charge is 2.29. The molecule has 0 aromatic heterocycles. The van der Waals surface area contributed by atoms with Crippen molar-refractivity contribution < 1.29 is 27.5 Å². The number of sulfonamides is 1. The van der Waals surface area contributed by atoms with Gasteiger partial charge in [-0.25, -0.2) is 13.2 Å². The fourth-order valence-corrected chi connectivity index (χ4v) is 5.99. The molecule has 8 nitrogen and oxygen atoms in total. The second-order valence-electron chi connectivity index (χ2n) is 9.30. The summed E-state index contributed by atoms with van der Waals surface area (Å²) in [5, 5.41) is 2.76. The lowest BCUT2D eigenvalue weighted by molar-refractivity contribution is -0.125. The van der Waals surface area contributed by atoms with Crippen molar-refractivity contribution in [3.8, 4) is 5.75 Å². The van der Waals surface area contributed by atoms with Crippen LogP contribution in [-0.4, -0.2) is 38.3 Å². The minimum absolute atomic E-state index is 0.0822. The Morgan fingerprint density at radius 3 is 2.27 bits per heavy atom. The summed E-state index contributed by atoms with van der Waals surface area (Å²) in [6.45, 7) is 0.674. The summed E-state index contributed by atoms with van der Waals surface area (Å²) < 4.78 is 38.9. The second-order valence-corrected chi connectivity index (χ2v) is 11.2. The predicted molar refractivity (Wildman–Crippen MR) is 150 cm³/mol. The van der Waals surface area contributed by atoms with E-state index in [4.69, 9.17) is 9.47 Å². The van der Waals surface area contributed by atoms with Gasteiger partial charge in [-0.3, -0.25) is 4.79 Å². The number of hydrogen-bond donors (Lipinski definition) is 1. The Labute approximate surface area is 233 Å². The number of hydrogen-bond acceptors (Lipinski definition) is 6. The Hall–Kier alpha value is -4.47. The van der Waals surface area contributed by atoms with Crippen LogP contribution in [0.1, 0.15) is 33.2 Å². The Kier molecular flexibility index (Phi) is 7.95. The van der Waals surface area contributed by atoms with Gasteiger partial charge in [0.25, 0.3) is 5.91 Å². The molecule has 9 heteroatoms. The number of anilines is 1. The zero-order chi connectivity index (χ0) is 28.1. The summed E-state index contributed by atoms with van der Waals surface area (Å²) >= 11 is 0. The molecule has 0 radical (unpaired) electrons. The standard InChI is InChI=1S/C31H28N2O6S/c1-38-27-13-7-12-26(20-27)32-30(34)29(23-9-3-2-4-10-23)39-31(35)24-14-16-28(17-15-24)40(36,37)33-19-18-22-8-5-6-11-25(22)21-33/h2-17,20,29H,18-19,21H2,1H3,(H,32,34)/t29-/m0/s1. The molecule has 1 amide bonds. The van der Waals surface area contributed by atoms with Crippen molar-refractivity contribution in [2.45, 2.75) is 24.0 Å². The van der Waals surface area contributed by atoms with Gasteiger partial charge in [0.1, 0.15) is 5.75 Å². The monoisotopic (exact) mass is 556 g/mol. The van der Waals surface area contributed by atoms with Crippen molar-refractivity contribution in [1.29, 1.82) is 0 Å². The van der Waals surface area contributed by atoms with E-state index in [-0.39, 0.29) is 10.5 Å². The summed E-state index contributed by atoms with van der Waals surface area (Å²) in [4.78, 5) is 26.4. The van der Waals surface area contributed by atoms with Crippen LogP contribution in [-0.2, 0) is 32.5 Å². The lowest BCUT2D eigenvalue weighted by Gasteiger charge is -2.28. The molecule has 0 unspecified atom stereocenters. The van der Waals surface area contributed by atoms with Crippen LogP contribution in [0.3, 0.4) is 0 Å². The quantitative estimate of drug-likeness (QED) is 0.307. The Bertz CT molecular complexity index is 1620. The van der Waals surface area contributed by atoms with E-state index in [2.05, 4.69) is 5.32 Å². The number of ether oxygens (including phenoxy) is 2. The molecule has 1 aliphatic heterocycles. The number of nitrogens with one attached hydrogen (secondary N) is 1. The summed E-state index contributed by atoms with van der Waals surface area (Å²) in [7, 11) is -2.23. The summed E-state index contributed by atoms with van der Waals surface area (Å²) in [6.07, 6.45) is -0.602. The lowest BCUT2D eigenvalue weighted by atomic mass is 10.0. The third-order valence-corrected chi connectivity index (χ3v) is 8.59. The third kappa shape index (κ3) is 5.90. The van der Waals surface area contributed by atoms with Crippen molar-refractivity contribution in [2.75, 3.05) is 19.0 Å². The number of carbonyl (C=O) groups excluding carboxylic acids is 2. The van der Waals surface area contributed by atoms with E-state index in [9.17, 15) is 18.0 Å². The molecule has 5 rings (SSSR count). The van der Waals surface area contributed by atoms with Crippen LogP contribution in [0.5, 0.6) is 5.75 Å². The van der Waals surface area contributed by atoms with E-state index in [1.165, 1.54) is 35.7 Å². The first kappa shape index (κ1) is 27.1. The van der Waals surface area contributed by atoms with Gasteiger partial charge in [0.15, 0.2) is 0 Å². The smallest absolute Gasteiger partial charge is 0.339 e. The highest BCUT2D eigenvalue weighted by Crippen LogP contribution is 2.27. The van der Waals surface area contributed by atoms with E-state index in [0.717, 1.165) is 11.1 Å². The second kappa shape index (κ2) is 11.7. The fraction of sp³-hybridized carbons (Fsp3) is 0.161. The molecule has 40 heavy (non-hydrogen) atoms. The van der Waals surface area contributed by atoms with Crippen LogP contribution in [0.15, 0.2) is 108 Å². The molecule has 4 aromatic carbocycles. The van der Waals surface area contributed by atoms with Gasteiger partial charge in [0.2, 0.25) is 16.1 Å². The van der Waals surface area contributed by atoms with Crippen molar-refractivity contribution in [3.05, 3.63) is 125 Å². The molecule has 0 saturated carbocycles. The van der Waals surface area contributed by atoms with Gasteiger partial charge in [-0.05, 0) is 53.9 Å². The number of methoxy groups -OCH3 is 1. The molecule has 0 spiro atoms. The summed E-state index contributed by atoms with van der Waals surface area (Å²) in [5.41, 5.74) is 3.22. The molecule has 0 aliphatic carbocycles. The van der Waals surface area contributed by atoms with Gasteiger partial charge in [0.05, 0.1) is 17.6 Å². The van der Waals surface area contributed by atoms with E-state index in [1.54, 1.807) is 54.6 Å². The third-order valence-electron chi connectivity index (χ3n) is 6.73. The first-order chi connectivity index (χ1) is 19.3. The maximum absolute atomic E-state index is 13.3. The average Bonchev–Trinajstić information content (AvgIpc) is 3.00. The number of carbonyl (C=O) groups is 2. The highest BCUT2D eigenvalue weighted by atomic mass is 32.2. The Balaban J connectivity index is 1.32. The van der Waals surface area contributed by atoms with Gasteiger partial charge < -0.3 is 14.8 Å². The number of rotatable bonds is 8. The topological polar surface area (TPSA) is 102 Å². The Morgan fingerprint density at radius 1 is 0.850 bits per heavy atom. The minimum atomic E-state index is -3.76. The largest absolute Gasteiger partial charge is 0.497 e. The number of esters is 1. The molecule has 0 fully saturated rings. The van der Waals surface area contributed by atoms with E-state index in [0.29, 0.717) is 36.5 Å². The van der Waals surface area contributed by atoms with Gasteiger partial charge in [-0.15, -0.1) is 0 Å². The van der Waals surface area contributed by atoms with Crippen LogP contribution in [0.25, 0.3) is 0 Å². The van der Waals surface area contributed by atoms with Crippen LogP contribution >= 0.6 is 0 Å². The van der Waals surface area contributed by atoms with Gasteiger partial charge in [0, 0.05) is 30.4 Å². The highest BCUT2D eigenvalue weighted by molar-refractivity contribution is 7.89. The molecule has 4 aromatic rings. The predicted octanol–water partition coefficient (Wildman–Crippen LogP) is 4.98. The molecular weight excluding hydrogens is 528 g/mol. The maximum atomic E-state index is 13.3. The molecule has 0 saturated heterocycles. The molecule has 0 bridgehead atoms. The summed E-state index contributed by atoms with van der Waals surface area (Å²) in [6, 6.07) is 28.9. The van der Waals surface area contributed by atoms with Crippen molar-refractivity contribution in [3.63, 3.8) is 0 Å². The zero-order valence-electron chi connectivity index (χ0n) is 21.8. The maximum Gasteiger partial charge on any atom is 0.339 e. The van der Waals surface area contributed by atoms with Gasteiger partial charge >= 0.3 is 5.97 Å². The van der Waals surface area contributed by atoms with Crippen LogP contribution in [0.4, 0.5) is 5.69 Å². The molecular formula is C31H28N2O6S. The van der Waals surface area contributed by atoms with Crippen molar-refractivity contribution in [2.24, 2.45) is 0 Å². The summed E-state index contributed by atoms with van der Waals surface area (Å²) in [5.74, 6) is -0.738. The molecule has 1 aliphatic rings. The van der Waals surface area contributed by atoms with Crippen LogP contribution in [0.2, 0.25) is 0 Å². The number of fused-ring (bicyclic) bond motifs is 1. The molecule has 1 atom stereocenters. The molecule has 1 N–H and O–H groups in total.